The average molecular weight is 219 g/mol. The predicted octanol–water partition coefficient (Wildman–Crippen LogP) is 1.51. The Morgan fingerprint density at radius 2 is 2.38 bits per heavy atom. The Bertz CT molecular complexity index is 312. The zero-order valence-corrected chi connectivity index (χ0v) is 10.2. The molecule has 1 aliphatic heterocycles. The number of nitrogens with one attached hydrogen (secondary N) is 1. The number of pyridine rings is 1. The van der Waals surface area contributed by atoms with E-state index in [-0.39, 0.29) is 0 Å². The highest BCUT2D eigenvalue weighted by atomic mass is 15.1. The first-order valence-corrected chi connectivity index (χ1v) is 6.07. The first-order chi connectivity index (χ1) is 7.75. The Morgan fingerprint density at radius 3 is 3.00 bits per heavy atom. The summed E-state index contributed by atoms with van der Waals surface area (Å²) >= 11 is 0. The van der Waals surface area contributed by atoms with Gasteiger partial charge < -0.3 is 5.32 Å². The summed E-state index contributed by atoms with van der Waals surface area (Å²) < 4.78 is 0. The molecule has 16 heavy (non-hydrogen) atoms. The largest absolute Gasteiger partial charge is 0.312 e. The van der Waals surface area contributed by atoms with Crippen LogP contribution >= 0.6 is 0 Å². The van der Waals surface area contributed by atoms with E-state index in [0.29, 0.717) is 6.04 Å². The smallest absolute Gasteiger partial charge is 0.0543 e. The van der Waals surface area contributed by atoms with Gasteiger partial charge in [0.2, 0.25) is 0 Å². The van der Waals surface area contributed by atoms with Crippen LogP contribution in [0.3, 0.4) is 0 Å². The fourth-order valence-electron chi connectivity index (χ4n) is 2.31. The zero-order valence-electron chi connectivity index (χ0n) is 10.2. The molecule has 1 aromatic rings. The molecule has 0 amide bonds. The molecule has 0 aliphatic carbocycles. The van der Waals surface area contributed by atoms with Crippen molar-refractivity contribution in [3.63, 3.8) is 0 Å². The van der Waals surface area contributed by atoms with Gasteiger partial charge in [0, 0.05) is 25.3 Å². The molecule has 1 fully saturated rings. The van der Waals surface area contributed by atoms with Crippen molar-refractivity contribution in [2.24, 2.45) is 5.92 Å². The third-order valence-corrected chi connectivity index (χ3v) is 3.36. The standard InChI is InChI=1S/C13H21N3/c1-11-6-8-15-13(11)10-16(2)9-12-5-3-4-7-14-12/h3-5,7,11,13,15H,6,8-10H2,1-2H3. The monoisotopic (exact) mass is 219 g/mol. The zero-order chi connectivity index (χ0) is 11.4. The Labute approximate surface area is 97.9 Å². The second kappa shape index (κ2) is 5.41. The maximum atomic E-state index is 4.35. The van der Waals surface area contributed by atoms with Crippen molar-refractivity contribution in [3.05, 3.63) is 30.1 Å². The van der Waals surface area contributed by atoms with Crippen molar-refractivity contribution in [3.8, 4) is 0 Å². The number of rotatable bonds is 4. The summed E-state index contributed by atoms with van der Waals surface area (Å²) in [5, 5.41) is 3.56. The van der Waals surface area contributed by atoms with Gasteiger partial charge in [0.05, 0.1) is 5.69 Å². The molecule has 0 bridgehead atoms. The molecular formula is C13H21N3. The van der Waals surface area contributed by atoms with Crippen molar-refractivity contribution < 1.29 is 0 Å². The molecule has 2 unspecified atom stereocenters. The summed E-state index contributed by atoms with van der Waals surface area (Å²) in [7, 11) is 2.17. The van der Waals surface area contributed by atoms with E-state index in [1.165, 1.54) is 13.0 Å². The summed E-state index contributed by atoms with van der Waals surface area (Å²) in [5.41, 5.74) is 1.15. The lowest BCUT2D eigenvalue weighted by Gasteiger charge is -2.23. The van der Waals surface area contributed by atoms with Crippen LogP contribution in [-0.2, 0) is 6.54 Å². The number of hydrogen-bond acceptors (Lipinski definition) is 3. The van der Waals surface area contributed by atoms with Gasteiger partial charge >= 0.3 is 0 Å². The molecule has 2 heterocycles. The van der Waals surface area contributed by atoms with Crippen LogP contribution in [-0.4, -0.2) is 36.1 Å². The van der Waals surface area contributed by atoms with Crippen LogP contribution in [0.15, 0.2) is 24.4 Å². The van der Waals surface area contributed by atoms with Gasteiger partial charge in [-0.2, -0.15) is 0 Å². The second-order valence-electron chi connectivity index (χ2n) is 4.84. The summed E-state index contributed by atoms with van der Waals surface area (Å²) in [5.74, 6) is 0.797. The average Bonchev–Trinajstić information content (AvgIpc) is 2.66. The lowest BCUT2D eigenvalue weighted by atomic mass is 10.0. The molecule has 1 saturated heterocycles. The molecule has 1 aromatic heterocycles. The molecule has 1 aliphatic rings. The van der Waals surface area contributed by atoms with E-state index in [2.05, 4.69) is 35.2 Å². The topological polar surface area (TPSA) is 28.2 Å². The maximum Gasteiger partial charge on any atom is 0.0543 e. The van der Waals surface area contributed by atoms with Crippen LogP contribution in [0.5, 0.6) is 0 Å². The molecule has 0 spiro atoms. The Hall–Kier alpha value is -0.930. The fraction of sp³-hybridized carbons (Fsp3) is 0.615. The van der Waals surface area contributed by atoms with E-state index < -0.39 is 0 Å². The molecule has 3 nitrogen and oxygen atoms in total. The maximum absolute atomic E-state index is 4.35. The highest BCUT2D eigenvalue weighted by molar-refractivity contribution is 5.03. The second-order valence-corrected chi connectivity index (χ2v) is 4.84. The van der Waals surface area contributed by atoms with Gasteiger partial charge in [0.15, 0.2) is 0 Å². The van der Waals surface area contributed by atoms with Crippen LogP contribution < -0.4 is 5.32 Å². The number of nitrogens with zero attached hydrogens (tertiary/aromatic N) is 2. The van der Waals surface area contributed by atoms with Gasteiger partial charge in [0.25, 0.3) is 0 Å². The van der Waals surface area contributed by atoms with Gasteiger partial charge in [-0.1, -0.05) is 13.0 Å². The Balaban J connectivity index is 1.82. The summed E-state index contributed by atoms with van der Waals surface area (Å²) in [6.45, 7) is 5.55. The first-order valence-electron chi connectivity index (χ1n) is 6.07. The van der Waals surface area contributed by atoms with Crippen LogP contribution in [0.2, 0.25) is 0 Å². The van der Waals surface area contributed by atoms with E-state index >= 15 is 0 Å². The summed E-state index contributed by atoms with van der Waals surface area (Å²) in [4.78, 5) is 6.70. The van der Waals surface area contributed by atoms with Gasteiger partial charge in [-0.15, -0.1) is 0 Å². The van der Waals surface area contributed by atoms with Crippen molar-refractivity contribution in [1.29, 1.82) is 0 Å². The molecule has 2 atom stereocenters. The van der Waals surface area contributed by atoms with Crippen molar-refractivity contribution in [1.82, 2.24) is 15.2 Å². The quantitative estimate of drug-likeness (QED) is 0.832. The van der Waals surface area contributed by atoms with Crippen molar-refractivity contribution >= 4 is 0 Å². The summed E-state index contributed by atoms with van der Waals surface area (Å²) in [6, 6.07) is 6.74. The SMILES string of the molecule is CC1CCNC1CN(C)Cc1ccccn1. The minimum atomic E-state index is 0.647. The molecule has 0 aromatic carbocycles. The molecule has 2 rings (SSSR count). The fourth-order valence-corrected chi connectivity index (χ4v) is 2.31. The Kier molecular flexibility index (Phi) is 3.91. The minimum absolute atomic E-state index is 0.647. The Morgan fingerprint density at radius 1 is 1.50 bits per heavy atom. The lowest BCUT2D eigenvalue weighted by Crippen LogP contribution is -2.38. The van der Waals surface area contributed by atoms with E-state index in [1.54, 1.807) is 0 Å². The molecule has 0 saturated carbocycles. The molecule has 1 N–H and O–H groups in total. The van der Waals surface area contributed by atoms with Crippen LogP contribution in [0, 0.1) is 5.92 Å². The highest BCUT2D eigenvalue weighted by Crippen LogP contribution is 2.15. The number of hydrogen-bond donors (Lipinski definition) is 1. The molecule has 88 valence electrons. The van der Waals surface area contributed by atoms with Crippen LogP contribution in [0.25, 0.3) is 0 Å². The van der Waals surface area contributed by atoms with Crippen molar-refractivity contribution in [2.75, 3.05) is 20.1 Å². The van der Waals surface area contributed by atoms with Gasteiger partial charge in [0.1, 0.15) is 0 Å². The van der Waals surface area contributed by atoms with E-state index in [1.807, 2.05) is 18.3 Å². The van der Waals surface area contributed by atoms with Crippen LogP contribution in [0.1, 0.15) is 19.0 Å². The summed E-state index contributed by atoms with van der Waals surface area (Å²) in [6.07, 6.45) is 3.17. The third kappa shape index (κ3) is 3.03. The highest BCUT2D eigenvalue weighted by Gasteiger charge is 2.23. The van der Waals surface area contributed by atoms with E-state index in [0.717, 1.165) is 24.7 Å². The van der Waals surface area contributed by atoms with E-state index in [4.69, 9.17) is 0 Å². The van der Waals surface area contributed by atoms with Gasteiger partial charge in [-0.25, -0.2) is 0 Å². The minimum Gasteiger partial charge on any atom is -0.312 e. The lowest BCUT2D eigenvalue weighted by molar-refractivity contribution is 0.269. The number of likely N-dealkylation sites (N-methyl/N-ethyl adjacent to an activating group) is 1. The predicted molar refractivity (Wildman–Crippen MR) is 66.1 cm³/mol. The van der Waals surface area contributed by atoms with Gasteiger partial charge in [-0.3, -0.25) is 9.88 Å². The molecule has 3 heteroatoms. The van der Waals surface area contributed by atoms with E-state index in [9.17, 15) is 0 Å². The van der Waals surface area contributed by atoms with Gasteiger partial charge in [-0.05, 0) is 38.1 Å². The molecule has 0 radical (unpaired) electrons. The van der Waals surface area contributed by atoms with Crippen molar-refractivity contribution in [2.45, 2.75) is 25.9 Å². The normalized spacial score (nSPS) is 25.2. The number of aromatic nitrogens is 1. The van der Waals surface area contributed by atoms with Crippen LogP contribution in [0.4, 0.5) is 0 Å². The first kappa shape index (κ1) is 11.6. The molecular weight excluding hydrogens is 198 g/mol. The third-order valence-electron chi connectivity index (χ3n) is 3.36.